The Morgan fingerprint density at radius 3 is 2.67 bits per heavy atom. The maximum Gasteiger partial charge on any atom is 0.148 e. The summed E-state index contributed by atoms with van der Waals surface area (Å²) in [5, 5.41) is 12.8. The Hall–Kier alpha value is -2.36. The second kappa shape index (κ2) is 6.39. The molecule has 0 aliphatic rings. The summed E-state index contributed by atoms with van der Waals surface area (Å²) >= 11 is 5.98. The fraction of sp³-hybridized carbons (Fsp3) is 0.214. The van der Waals surface area contributed by atoms with Crippen molar-refractivity contribution in [1.82, 2.24) is 9.97 Å². The molecule has 2 rings (SSSR count). The monoisotopic (exact) mass is 302 g/mol. The van der Waals surface area contributed by atoms with Crippen molar-refractivity contribution in [3.63, 3.8) is 0 Å². The number of nitriles is 1. The van der Waals surface area contributed by atoms with E-state index in [0.29, 0.717) is 40.2 Å². The van der Waals surface area contributed by atoms with E-state index in [2.05, 4.69) is 26.8 Å². The van der Waals surface area contributed by atoms with Gasteiger partial charge >= 0.3 is 0 Å². The number of hydrogen-bond acceptors (Lipinski definition) is 6. The Balaban J connectivity index is 2.49. The van der Waals surface area contributed by atoms with Gasteiger partial charge in [-0.1, -0.05) is 18.5 Å². The van der Waals surface area contributed by atoms with Crippen molar-refractivity contribution in [2.24, 2.45) is 5.84 Å². The van der Waals surface area contributed by atoms with Gasteiger partial charge in [-0.15, -0.1) is 0 Å². The molecule has 0 atom stereocenters. The zero-order valence-corrected chi connectivity index (χ0v) is 12.5. The highest BCUT2D eigenvalue weighted by molar-refractivity contribution is 6.30. The van der Waals surface area contributed by atoms with Crippen LogP contribution >= 0.6 is 11.6 Å². The van der Waals surface area contributed by atoms with Crippen LogP contribution in [0.5, 0.6) is 0 Å². The van der Waals surface area contributed by atoms with Crippen LogP contribution in [0.15, 0.2) is 18.2 Å². The van der Waals surface area contributed by atoms with Gasteiger partial charge in [0.2, 0.25) is 0 Å². The lowest BCUT2D eigenvalue weighted by Gasteiger charge is -2.14. The van der Waals surface area contributed by atoms with Gasteiger partial charge in [0, 0.05) is 17.0 Å². The molecular formula is C14H15ClN6. The molecule has 0 unspecified atom stereocenters. The van der Waals surface area contributed by atoms with Crippen LogP contribution in [0.4, 0.5) is 17.3 Å². The van der Waals surface area contributed by atoms with Crippen LogP contribution in [0.25, 0.3) is 0 Å². The van der Waals surface area contributed by atoms with Crippen molar-refractivity contribution in [3.8, 4) is 6.07 Å². The van der Waals surface area contributed by atoms with Crippen LogP contribution in [-0.4, -0.2) is 9.97 Å². The van der Waals surface area contributed by atoms with E-state index in [0.717, 1.165) is 5.56 Å². The van der Waals surface area contributed by atoms with Crippen LogP contribution in [0, 0.1) is 18.3 Å². The first kappa shape index (κ1) is 15.0. The topological polar surface area (TPSA) is 99.6 Å². The summed E-state index contributed by atoms with van der Waals surface area (Å²) < 4.78 is 0. The lowest BCUT2D eigenvalue weighted by molar-refractivity contribution is 0.932. The van der Waals surface area contributed by atoms with E-state index in [9.17, 15) is 0 Å². The molecule has 108 valence electrons. The third-order valence-electron chi connectivity index (χ3n) is 3.00. The van der Waals surface area contributed by atoms with Gasteiger partial charge < -0.3 is 10.7 Å². The molecule has 0 bridgehead atoms. The van der Waals surface area contributed by atoms with Crippen molar-refractivity contribution < 1.29 is 0 Å². The van der Waals surface area contributed by atoms with Gasteiger partial charge in [-0.3, -0.25) is 0 Å². The third kappa shape index (κ3) is 3.21. The highest BCUT2D eigenvalue weighted by atomic mass is 35.5. The molecule has 0 aliphatic carbocycles. The molecule has 0 fully saturated rings. The number of nitrogens with two attached hydrogens (primary N) is 1. The minimum atomic E-state index is 0.484. The fourth-order valence-corrected chi connectivity index (χ4v) is 2.00. The molecule has 0 aliphatic heterocycles. The number of nitrogen functional groups attached to an aromatic ring is 1. The Bertz CT molecular complexity index is 707. The smallest absolute Gasteiger partial charge is 0.148 e. The van der Waals surface area contributed by atoms with Crippen LogP contribution in [0.2, 0.25) is 5.02 Å². The summed E-state index contributed by atoms with van der Waals surface area (Å²) in [7, 11) is 0. The van der Waals surface area contributed by atoms with E-state index in [-0.39, 0.29) is 0 Å². The first-order valence-electron chi connectivity index (χ1n) is 6.39. The number of anilines is 3. The zero-order valence-electron chi connectivity index (χ0n) is 11.7. The van der Waals surface area contributed by atoms with E-state index < -0.39 is 0 Å². The number of hydrazine groups is 1. The molecule has 0 saturated carbocycles. The summed E-state index contributed by atoms with van der Waals surface area (Å²) in [5.74, 6) is 7.26. The van der Waals surface area contributed by atoms with Gasteiger partial charge in [-0.25, -0.2) is 15.8 Å². The number of aryl methyl sites for hydroxylation is 1. The van der Waals surface area contributed by atoms with Gasteiger partial charge in [0.05, 0.1) is 11.3 Å². The highest BCUT2D eigenvalue weighted by Crippen LogP contribution is 2.27. The third-order valence-corrected chi connectivity index (χ3v) is 3.24. The molecule has 4 N–H and O–H groups in total. The molecule has 6 nitrogen and oxygen atoms in total. The maximum absolute atomic E-state index is 9.16. The maximum atomic E-state index is 9.16. The highest BCUT2D eigenvalue weighted by Gasteiger charge is 2.12. The number of halogens is 1. The van der Waals surface area contributed by atoms with Gasteiger partial charge in [0.15, 0.2) is 0 Å². The van der Waals surface area contributed by atoms with Crippen molar-refractivity contribution in [3.05, 3.63) is 40.2 Å². The van der Waals surface area contributed by atoms with Crippen molar-refractivity contribution in [2.75, 3.05) is 10.7 Å². The summed E-state index contributed by atoms with van der Waals surface area (Å²) in [6.07, 6.45) is 0.671. The zero-order chi connectivity index (χ0) is 15.4. The predicted molar refractivity (Wildman–Crippen MR) is 83.4 cm³/mol. The van der Waals surface area contributed by atoms with Crippen molar-refractivity contribution >= 4 is 28.9 Å². The summed E-state index contributed by atoms with van der Waals surface area (Å²) in [5.41, 5.74) is 4.39. The van der Waals surface area contributed by atoms with E-state index in [1.807, 2.05) is 13.8 Å². The number of nitrogens with one attached hydrogen (secondary N) is 2. The van der Waals surface area contributed by atoms with E-state index >= 15 is 0 Å². The van der Waals surface area contributed by atoms with Crippen molar-refractivity contribution in [1.29, 1.82) is 5.26 Å². The fourth-order valence-electron chi connectivity index (χ4n) is 1.83. The standard InChI is InChI=1S/C14H15ClN6/c1-3-12-19-13(8(2)14(20-12)21-17)18-11-6-10(15)5-4-9(11)7-16/h4-6H,3,17H2,1-2H3,(H2,18,19,20,21). The minimum absolute atomic E-state index is 0.484. The van der Waals surface area contributed by atoms with Crippen LogP contribution in [0.3, 0.4) is 0 Å². The quantitative estimate of drug-likeness (QED) is 0.593. The number of hydrogen-bond donors (Lipinski definition) is 3. The average Bonchev–Trinajstić information content (AvgIpc) is 2.49. The lowest BCUT2D eigenvalue weighted by atomic mass is 10.2. The molecule has 7 heteroatoms. The van der Waals surface area contributed by atoms with E-state index in [1.165, 1.54) is 0 Å². The Morgan fingerprint density at radius 1 is 1.33 bits per heavy atom. The molecular weight excluding hydrogens is 288 g/mol. The largest absolute Gasteiger partial charge is 0.339 e. The number of nitrogens with zero attached hydrogens (tertiary/aromatic N) is 3. The lowest BCUT2D eigenvalue weighted by Crippen LogP contribution is -2.14. The Kier molecular flexibility index (Phi) is 4.58. The van der Waals surface area contributed by atoms with Crippen molar-refractivity contribution in [2.45, 2.75) is 20.3 Å². The molecule has 1 aromatic carbocycles. The first-order chi connectivity index (χ1) is 10.1. The summed E-state index contributed by atoms with van der Waals surface area (Å²) in [6.45, 7) is 3.79. The SMILES string of the molecule is CCc1nc(NN)c(C)c(Nc2cc(Cl)ccc2C#N)n1. The Morgan fingerprint density at radius 2 is 2.05 bits per heavy atom. The minimum Gasteiger partial charge on any atom is -0.339 e. The molecule has 21 heavy (non-hydrogen) atoms. The summed E-state index contributed by atoms with van der Waals surface area (Å²) in [6, 6.07) is 7.12. The molecule has 0 amide bonds. The van der Waals surface area contributed by atoms with Gasteiger partial charge in [-0.2, -0.15) is 5.26 Å². The van der Waals surface area contributed by atoms with Gasteiger partial charge in [-0.05, 0) is 25.1 Å². The first-order valence-corrected chi connectivity index (χ1v) is 6.77. The Labute approximate surface area is 127 Å². The molecule has 0 saturated heterocycles. The predicted octanol–water partition coefficient (Wildman–Crippen LogP) is 2.90. The molecule has 0 radical (unpaired) electrons. The van der Waals surface area contributed by atoms with Crippen LogP contribution in [-0.2, 0) is 6.42 Å². The molecule has 0 spiro atoms. The number of aromatic nitrogens is 2. The van der Waals surface area contributed by atoms with Gasteiger partial charge in [0.25, 0.3) is 0 Å². The summed E-state index contributed by atoms with van der Waals surface area (Å²) in [4.78, 5) is 8.72. The number of benzene rings is 1. The molecule has 1 aromatic heterocycles. The normalized spacial score (nSPS) is 10.0. The second-order valence-corrected chi connectivity index (χ2v) is 4.82. The molecule has 2 aromatic rings. The van der Waals surface area contributed by atoms with E-state index in [4.69, 9.17) is 22.7 Å². The number of rotatable bonds is 4. The average molecular weight is 303 g/mol. The molecule has 1 heterocycles. The second-order valence-electron chi connectivity index (χ2n) is 4.39. The van der Waals surface area contributed by atoms with Crippen LogP contribution in [0.1, 0.15) is 23.9 Å². The van der Waals surface area contributed by atoms with Crippen LogP contribution < -0.4 is 16.6 Å². The van der Waals surface area contributed by atoms with E-state index in [1.54, 1.807) is 18.2 Å². The van der Waals surface area contributed by atoms with Gasteiger partial charge in [0.1, 0.15) is 23.5 Å².